The summed E-state index contributed by atoms with van der Waals surface area (Å²) in [5.41, 5.74) is 1.13. The number of ether oxygens (including phenoxy) is 1. The van der Waals surface area contributed by atoms with Crippen LogP contribution in [0.15, 0.2) is 36.9 Å². The second-order valence-electron chi connectivity index (χ2n) is 4.90. The van der Waals surface area contributed by atoms with E-state index in [1.165, 1.54) is 0 Å². The van der Waals surface area contributed by atoms with Crippen LogP contribution < -0.4 is 4.74 Å². The largest absolute Gasteiger partial charge is 0.483 e. The molecule has 1 atom stereocenters. The number of terminal acetylenes is 1. The number of nitrogens with zero attached hydrogens (tertiary/aromatic N) is 1. The fraction of sp³-hybridized carbons (Fsp3) is 0.389. The van der Waals surface area contributed by atoms with Crippen molar-refractivity contribution in [1.29, 1.82) is 0 Å². The molecular formula is C18H23NO2. The van der Waals surface area contributed by atoms with Crippen molar-refractivity contribution in [3.05, 3.63) is 42.5 Å². The maximum absolute atomic E-state index is 12.1. The van der Waals surface area contributed by atoms with Crippen LogP contribution in [0.5, 0.6) is 5.75 Å². The molecule has 3 heteroatoms. The molecule has 3 nitrogen and oxygen atoms in total. The van der Waals surface area contributed by atoms with Gasteiger partial charge in [-0.05, 0) is 24.0 Å². The van der Waals surface area contributed by atoms with Crippen molar-refractivity contribution in [3.8, 4) is 18.1 Å². The van der Waals surface area contributed by atoms with Gasteiger partial charge in [-0.1, -0.05) is 44.0 Å². The number of benzene rings is 1. The van der Waals surface area contributed by atoms with Gasteiger partial charge in [0.25, 0.3) is 5.91 Å². The van der Waals surface area contributed by atoms with Gasteiger partial charge in [-0.25, -0.2) is 0 Å². The third-order valence-corrected chi connectivity index (χ3v) is 3.40. The van der Waals surface area contributed by atoms with Crippen LogP contribution in [-0.4, -0.2) is 30.5 Å². The Morgan fingerprint density at radius 1 is 1.52 bits per heavy atom. The monoisotopic (exact) mass is 285 g/mol. The van der Waals surface area contributed by atoms with Crippen LogP contribution >= 0.6 is 0 Å². The van der Waals surface area contributed by atoms with Gasteiger partial charge in [-0.2, -0.15) is 0 Å². The number of carbonyl (C=O) groups is 1. The molecule has 0 aromatic heterocycles. The highest BCUT2D eigenvalue weighted by atomic mass is 16.5. The number of hydrogen-bond donors (Lipinski definition) is 0. The van der Waals surface area contributed by atoms with Crippen LogP contribution in [0.3, 0.4) is 0 Å². The topological polar surface area (TPSA) is 29.5 Å². The molecule has 0 saturated carbocycles. The molecule has 0 heterocycles. The second-order valence-corrected chi connectivity index (χ2v) is 4.90. The minimum atomic E-state index is -0.133. The Hall–Kier alpha value is -2.21. The van der Waals surface area contributed by atoms with E-state index in [4.69, 9.17) is 11.2 Å². The summed E-state index contributed by atoms with van der Waals surface area (Å²) in [7, 11) is 0. The number of hydrogen-bond acceptors (Lipinski definition) is 2. The molecule has 0 fully saturated rings. The average molecular weight is 285 g/mol. The highest BCUT2D eigenvalue weighted by molar-refractivity contribution is 5.78. The van der Waals surface area contributed by atoms with Gasteiger partial charge in [0.05, 0.1) is 6.54 Å². The minimum Gasteiger partial charge on any atom is -0.483 e. The first kappa shape index (κ1) is 16.8. The third-order valence-electron chi connectivity index (χ3n) is 3.40. The number of amides is 1. The van der Waals surface area contributed by atoms with E-state index >= 15 is 0 Å². The maximum Gasteiger partial charge on any atom is 0.261 e. The SMILES string of the molecule is C#CCN(CC=C)C(=O)COc1ccccc1C(C)CC. The molecule has 0 radical (unpaired) electrons. The lowest BCUT2D eigenvalue weighted by Crippen LogP contribution is -2.35. The fourth-order valence-electron chi connectivity index (χ4n) is 1.99. The van der Waals surface area contributed by atoms with Crippen LogP contribution in [0.25, 0.3) is 0 Å². The van der Waals surface area contributed by atoms with E-state index < -0.39 is 0 Å². The molecule has 0 bridgehead atoms. The standard InChI is InChI=1S/C18H23NO2/c1-5-12-19(13-6-2)18(20)14-21-17-11-9-8-10-16(17)15(4)7-3/h1,6,8-11,15H,2,7,12-14H2,3-4H3. The van der Waals surface area contributed by atoms with Gasteiger partial charge >= 0.3 is 0 Å². The van der Waals surface area contributed by atoms with E-state index in [1.54, 1.807) is 11.0 Å². The minimum absolute atomic E-state index is 0.0109. The zero-order chi connectivity index (χ0) is 15.7. The first-order valence-electron chi connectivity index (χ1n) is 7.17. The molecule has 0 aliphatic rings. The lowest BCUT2D eigenvalue weighted by Gasteiger charge is -2.20. The Bertz CT molecular complexity index is 516. The molecule has 1 aromatic rings. The molecule has 0 saturated heterocycles. The van der Waals surface area contributed by atoms with Crippen molar-refractivity contribution in [3.63, 3.8) is 0 Å². The zero-order valence-corrected chi connectivity index (χ0v) is 12.8. The van der Waals surface area contributed by atoms with Gasteiger partial charge in [-0.3, -0.25) is 4.79 Å². The molecule has 0 spiro atoms. The predicted octanol–water partition coefficient (Wildman–Crippen LogP) is 3.23. The van der Waals surface area contributed by atoms with E-state index in [-0.39, 0.29) is 19.1 Å². The fourth-order valence-corrected chi connectivity index (χ4v) is 1.99. The summed E-state index contributed by atoms with van der Waals surface area (Å²) in [6, 6.07) is 7.83. The number of para-hydroxylation sites is 1. The number of carbonyl (C=O) groups excluding carboxylic acids is 1. The zero-order valence-electron chi connectivity index (χ0n) is 12.8. The molecule has 1 aromatic carbocycles. The highest BCUT2D eigenvalue weighted by Crippen LogP contribution is 2.28. The molecule has 112 valence electrons. The first-order chi connectivity index (χ1) is 10.1. The summed E-state index contributed by atoms with van der Waals surface area (Å²) in [5.74, 6) is 3.50. The Labute approximate surface area is 127 Å². The van der Waals surface area contributed by atoms with Gasteiger partial charge in [-0.15, -0.1) is 13.0 Å². The van der Waals surface area contributed by atoms with E-state index in [1.807, 2.05) is 24.3 Å². The van der Waals surface area contributed by atoms with Gasteiger partial charge in [0.15, 0.2) is 6.61 Å². The van der Waals surface area contributed by atoms with Gasteiger partial charge in [0.1, 0.15) is 5.75 Å². The lowest BCUT2D eigenvalue weighted by atomic mass is 9.98. The van der Waals surface area contributed by atoms with Crippen molar-refractivity contribution in [2.75, 3.05) is 19.7 Å². The van der Waals surface area contributed by atoms with Crippen LogP contribution in [-0.2, 0) is 4.79 Å². The van der Waals surface area contributed by atoms with E-state index in [9.17, 15) is 4.79 Å². The van der Waals surface area contributed by atoms with Gasteiger partial charge < -0.3 is 9.64 Å². The van der Waals surface area contributed by atoms with Crippen LogP contribution in [0.4, 0.5) is 0 Å². The Kier molecular flexibility index (Phi) is 7.11. The van der Waals surface area contributed by atoms with Gasteiger partial charge in [0, 0.05) is 6.54 Å². The lowest BCUT2D eigenvalue weighted by molar-refractivity contribution is -0.132. The third kappa shape index (κ3) is 5.00. The van der Waals surface area contributed by atoms with Crippen molar-refractivity contribution < 1.29 is 9.53 Å². The molecular weight excluding hydrogens is 262 g/mol. The highest BCUT2D eigenvalue weighted by Gasteiger charge is 2.14. The molecule has 1 rings (SSSR count). The maximum atomic E-state index is 12.1. The van der Waals surface area contributed by atoms with Crippen molar-refractivity contribution in [2.24, 2.45) is 0 Å². The molecule has 0 N–H and O–H groups in total. The average Bonchev–Trinajstić information content (AvgIpc) is 2.52. The van der Waals surface area contributed by atoms with Crippen molar-refractivity contribution in [1.82, 2.24) is 4.90 Å². The van der Waals surface area contributed by atoms with Crippen LogP contribution in [0, 0.1) is 12.3 Å². The predicted molar refractivity (Wildman–Crippen MR) is 86.3 cm³/mol. The molecule has 1 amide bonds. The van der Waals surface area contributed by atoms with Crippen LogP contribution in [0.2, 0.25) is 0 Å². The molecule has 1 unspecified atom stereocenters. The molecule has 0 aliphatic heterocycles. The normalized spacial score (nSPS) is 11.3. The van der Waals surface area contributed by atoms with E-state index in [0.717, 1.165) is 17.7 Å². The van der Waals surface area contributed by atoms with E-state index in [0.29, 0.717) is 12.5 Å². The first-order valence-corrected chi connectivity index (χ1v) is 7.17. The molecule has 0 aliphatic carbocycles. The summed E-state index contributed by atoms with van der Waals surface area (Å²) in [6.45, 7) is 8.59. The Balaban J connectivity index is 2.72. The summed E-state index contributed by atoms with van der Waals surface area (Å²) < 4.78 is 5.70. The molecule has 21 heavy (non-hydrogen) atoms. The van der Waals surface area contributed by atoms with E-state index in [2.05, 4.69) is 26.3 Å². The van der Waals surface area contributed by atoms with Crippen LogP contribution in [0.1, 0.15) is 31.7 Å². The Morgan fingerprint density at radius 3 is 2.86 bits per heavy atom. The number of rotatable bonds is 8. The van der Waals surface area contributed by atoms with Crippen molar-refractivity contribution in [2.45, 2.75) is 26.2 Å². The van der Waals surface area contributed by atoms with Gasteiger partial charge in [0.2, 0.25) is 0 Å². The summed E-state index contributed by atoms with van der Waals surface area (Å²) in [5, 5.41) is 0. The summed E-state index contributed by atoms with van der Waals surface area (Å²) >= 11 is 0. The second kappa shape index (κ2) is 8.86. The quantitative estimate of drug-likeness (QED) is 0.542. The smallest absolute Gasteiger partial charge is 0.261 e. The summed E-state index contributed by atoms with van der Waals surface area (Å²) in [6.07, 6.45) is 7.94. The summed E-state index contributed by atoms with van der Waals surface area (Å²) in [4.78, 5) is 13.6. The van der Waals surface area contributed by atoms with Crippen molar-refractivity contribution >= 4 is 5.91 Å². The Morgan fingerprint density at radius 2 is 2.24 bits per heavy atom.